The number of rotatable bonds is 4. The van der Waals surface area contributed by atoms with Crippen molar-refractivity contribution in [3.8, 4) is 0 Å². The molecule has 0 atom stereocenters. The minimum atomic E-state index is 0.114. The van der Waals surface area contributed by atoms with Gasteiger partial charge in [-0.3, -0.25) is 4.79 Å². The maximum absolute atomic E-state index is 11.8. The van der Waals surface area contributed by atoms with Crippen LogP contribution in [0.15, 0.2) is 24.3 Å². The van der Waals surface area contributed by atoms with Gasteiger partial charge in [0.2, 0.25) is 5.91 Å². The van der Waals surface area contributed by atoms with Crippen molar-refractivity contribution in [1.29, 1.82) is 0 Å². The fraction of sp³-hybridized carbons (Fsp3) is 0.385. The Morgan fingerprint density at radius 1 is 1.35 bits per heavy atom. The second kappa shape index (κ2) is 5.77. The molecule has 0 saturated carbocycles. The van der Waals surface area contributed by atoms with Crippen LogP contribution in [0.4, 0.5) is 5.69 Å². The third kappa shape index (κ3) is 3.82. The van der Waals surface area contributed by atoms with Crippen molar-refractivity contribution in [2.45, 2.75) is 20.3 Å². The highest BCUT2D eigenvalue weighted by atomic mass is 32.1. The monoisotopic (exact) mass is 250 g/mol. The number of anilines is 1. The summed E-state index contributed by atoms with van der Waals surface area (Å²) in [4.78, 5) is 13.9. The molecule has 3 nitrogen and oxygen atoms in total. The summed E-state index contributed by atoms with van der Waals surface area (Å²) in [5.41, 5.74) is 7.19. The van der Waals surface area contributed by atoms with E-state index in [-0.39, 0.29) is 5.91 Å². The first kappa shape index (κ1) is 13.6. The van der Waals surface area contributed by atoms with Crippen LogP contribution in [0, 0.1) is 5.92 Å². The Labute approximate surface area is 108 Å². The molecule has 1 amide bonds. The van der Waals surface area contributed by atoms with Crippen LogP contribution in [0.3, 0.4) is 0 Å². The lowest BCUT2D eigenvalue weighted by molar-refractivity contribution is -0.119. The fourth-order valence-electron chi connectivity index (χ4n) is 1.48. The van der Waals surface area contributed by atoms with Crippen molar-refractivity contribution in [1.82, 2.24) is 0 Å². The number of hydrogen-bond donors (Lipinski definition) is 1. The Bertz CT molecular complexity index is 412. The summed E-state index contributed by atoms with van der Waals surface area (Å²) >= 11 is 4.88. The summed E-state index contributed by atoms with van der Waals surface area (Å²) < 4.78 is 0. The lowest BCUT2D eigenvalue weighted by Crippen LogP contribution is -2.27. The molecular weight excluding hydrogens is 232 g/mol. The predicted octanol–water partition coefficient (Wildman–Crippen LogP) is 2.33. The van der Waals surface area contributed by atoms with E-state index in [9.17, 15) is 4.79 Å². The molecule has 0 bridgehead atoms. The number of amides is 1. The maximum Gasteiger partial charge on any atom is 0.226 e. The normalized spacial score (nSPS) is 10.4. The van der Waals surface area contributed by atoms with E-state index in [1.165, 1.54) is 0 Å². The quantitative estimate of drug-likeness (QED) is 0.834. The molecule has 1 rings (SSSR count). The van der Waals surface area contributed by atoms with E-state index in [0.717, 1.165) is 11.3 Å². The van der Waals surface area contributed by atoms with Crippen molar-refractivity contribution >= 4 is 28.8 Å². The standard InChI is InChI=1S/C13H18N2OS/c1-9(2)8-12(16)15(3)11-6-4-10(5-7-11)13(14)17/h4-7,9H,8H2,1-3H3,(H2,14,17). The second-order valence-corrected chi connectivity index (χ2v) is 4.90. The van der Waals surface area contributed by atoms with Gasteiger partial charge in [0.1, 0.15) is 4.99 Å². The highest BCUT2D eigenvalue weighted by molar-refractivity contribution is 7.80. The average Bonchev–Trinajstić information content (AvgIpc) is 2.27. The molecule has 1 aromatic rings. The summed E-state index contributed by atoms with van der Waals surface area (Å²) in [5.74, 6) is 0.476. The van der Waals surface area contributed by atoms with Gasteiger partial charge in [-0.25, -0.2) is 0 Å². The number of nitrogens with two attached hydrogens (primary N) is 1. The molecule has 0 aliphatic carbocycles. The van der Waals surface area contributed by atoms with Gasteiger partial charge >= 0.3 is 0 Å². The third-order valence-electron chi connectivity index (χ3n) is 2.50. The first-order valence-electron chi connectivity index (χ1n) is 5.58. The SMILES string of the molecule is CC(C)CC(=O)N(C)c1ccc(C(N)=S)cc1. The minimum Gasteiger partial charge on any atom is -0.389 e. The van der Waals surface area contributed by atoms with E-state index in [1.54, 1.807) is 11.9 Å². The highest BCUT2D eigenvalue weighted by Gasteiger charge is 2.12. The van der Waals surface area contributed by atoms with Gasteiger partial charge in [-0.05, 0) is 30.2 Å². The molecule has 0 fully saturated rings. The van der Waals surface area contributed by atoms with Crippen LogP contribution in [-0.2, 0) is 4.79 Å². The first-order chi connectivity index (χ1) is 7.91. The Morgan fingerprint density at radius 2 is 1.88 bits per heavy atom. The van der Waals surface area contributed by atoms with Gasteiger partial charge < -0.3 is 10.6 Å². The number of benzene rings is 1. The van der Waals surface area contributed by atoms with Crippen molar-refractivity contribution in [3.63, 3.8) is 0 Å². The zero-order valence-corrected chi connectivity index (χ0v) is 11.3. The lowest BCUT2D eigenvalue weighted by Gasteiger charge is -2.18. The number of carbonyl (C=O) groups is 1. The Hall–Kier alpha value is -1.42. The fourth-order valence-corrected chi connectivity index (χ4v) is 1.62. The van der Waals surface area contributed by atoms with Crippen LogP contribution < -0.4 is 10.6 Å². The Balaban J connectivity index is 2.79. The molecule has 0 aliphatic rings. The molecule has 4 heteroatoms. The molecule has 0 spiro atoms. The van der Waals surface area contributed by atoms with E-state index in [0.29, 0.717) is 17.3 Å². The molecule has 0 aromatic heterocycles. The van der Waals surface area contributed by atoms with Crippen LogP contribution in [-0.4, -0.2) is 17.9 Å². The van der Waals surface area contributed by atoms with Crippen LogP contribution in [0.25, 0.3) is 0 Å². The number of carbonyl (C=O) groups excluding carboxylic acids is 1. The molecule has 17 heavy (non-hydrogen) atoms. The van der Waals surface area contributed by atoms with Gasteiger partial charge in [0.25, 0.3) is 0 Å². The van der Waals surface area contributed by atoms with Crippen molar-refractivity contribution in [2.75, 3.05) is 11.9 Å². The zero-order valence-electron chi connectivity index (χ0n) is 10.4. The number of nitrogens with zero attached hydrogens (tertiary/aromatic N) is 1. The van der Waals surface area contributed by atoms with Gasteiger partial charge in [-0.1, -0.05) is 26.1 Å². The minimum absolute atomic E-state index is 0.114. The molecular formula is C13H18N2OS. The summed E-state index contributed by atoms with van der Waals surface area (Å²) in [6.07, 6.45) is 0.549. The summed E-state index contributed by atoms with van der Waals surface area (Å²) in [6.45, 7) is 4.06. The van der Waals surface area contributed by atoms with Gasteiger partial charge in [-0.15, -0.1) is 0 Å². The van der Waals surface area contributed by atoms with E-state index in [4.69, 9.17) is 18.0 Å². The second-order valence-electron chi connectivity index (χ2n) is 4.46. The molecule has 0 saturated heterocycles. The van der Waals surface area contributed by atoms with Crippen LogP contribution in [0.1, 0.15) is 25.8 Å². The van der Waals surface area contributed by atoms with Crippen molar-refractivity contribution < 1.29 is 4.79 Å². The van der Waals surface area contributed by atoms with Crippen molar-refractivity contribution in [3.05, 3.63) is 29.8 Å². The van der Waals surface area contributed by atoms with Gasteiger partial charge in [-0.2, -0.15) is 0 Å². The largest absolute Gasteiger partial charge is 0.389 e. The predicted molar refractivity (Wildman–Crippen MR) is 75.2 cm³/mol. The van der Waals surface area contributed by atoms with Gasteiger partial charge in [0, 0.05) is 24.7 Å². The molecule has 0 radical (unpaired) electrons. The topological polar surface area (TPSA) is 46.3 Å². The molecule has 0 heterocycles. The van der Waals surface area contributed by atoms with E-state index in [2.05, 4.69) is 0 Å². The van der Waals surface area contributed by atoms with Gasteiger partial charge in [0.05, 0.1) is 0 Å². The molecule has 1 aromatic carbocycles. The summed E-state index contributed by atoms with van der Waals surface area (Å²) in [7, 11) is 1.78. The molecule has 0 aliphatic heterocycles. The average molecular weight is 250 g/mol. The zero-order chi connectivity index (χ0) is 13.0. The smallest absolute Gasteiger partial charge is 0.226 e. The first-order valence-corrected chi connectivity index (χ1v) is 5.99. The van der Waals surface area contributed by atoms with E-state index in [1.807, 2.05) is 38.1 Å². The third-order valence-corrected chi connectivity index (χ3v) is 2.73. The van der Waals surface area contributed by atoms with Crippen LogP contribution in [0.5, 0.6) is 0 Å². The lowest BCUT2D eigenvalue weighted by atomic mass is 10.1. The molecule has 0 unspecified atom stereocenters. The number of thiocarbonyl (C=S) groups is 1. The van der Waals surface area contributed by atoms with Crippen LogP contribution >= 0.6 is 12.2 Å². The van der Waals surface area contributed by atoms with Gasteiger partial charge in [0.15, 0.2) is 0 Å². The molecule has 2 N–H and O–H groups in total. The van der Waals surface area contributed by atoms with Crippen LogP contribution in [0.2, 0.25) is 0 Å². The number of hydrogen-bond acceptors (Lipinski definition) is 2. The summed E-state index contributed by atoms with van der Waals surface area (Å²) in [6, 6.07) is 7.37. The van der Waals surface area contributed by atoms with Crippen molar-refractivity contribution in [2.24, 2.45) is 11.7 Å². The van der Waals surface area contributed by atoms with E-state index < -0.39 is 0 Å². The Kier molecular flexibility index (Phi) is 4.63. The molecule has 92 valence electrons. The maximum atomic E-state index is 11.8. The highest BCUT2D eigenvalue weighted by Crippen LogP contribution is 2.16. The van der Waals surface area contributed by atoms with E-state index >= 15 is 0 Å². The Morgan fingerprint density at radius 3 is 2.29 bits per heavy atom. The summed E-state index contributed by atoms with van der Waals surface area (Å²) in [5, 5.41) is 0.